The van der Waals surface area contributed by atoms with Crippen LogP contribution >= 0.6 is 0 Å². The minimum Gasteiger partial charge on any atom is -0.481 e. The quantitative estimate of drug-likeness (QED) is 0.771. The first kappa shape index (κ1) is 12.7. The average molecular weight is 226 g/mol. The van der Waals surface area contributed by atoms with Crippen molar-refractivity contribution in [2.45, 2.75) is 46.2 Å². The lowest BCUT2D eigenvalue weighted by Gasteiger charge is -2.10. The lowest BCUT2D eigenvalue weighted by Crippen LogP contribution is -2.26. The first-order valence-electron chi connectivity index (χ1n) is 5.37. The van der Waals surface area contributed by atoms with Crippen molar-refractivity contribution in [2.24, 2.45) is 0 Å². The van der Waals surface area contributed by atoms with Crippen molar-refractivity contribution in [3.05, 3.63) is 17.3 Å². The van der Waals surface area contributed by atoms with Gasteiger partial charge in [-0.1, -0.05) is 0 Å². The molecule has 5 heteroatoms. The molecule has 0 aliphatic carbocycles. The Kier molecular flexibility index (Phi) is 4.49. The maximum atomic E-state index is 10.4. The Morgan fingerprint density at radius 2 is 2.25 bits per heavy atom. The Morgan fingerprint density at radius 1 is 1.56 bits per heavy atom. The Bertz CT molecular complexity index is 341. The van der Waals surface area contributed by atoms with E-state index in [1.54, 1.807) is 0 Å². The van der Waals surface area contributed by atoms with Gasteiger partial charge in [0.15, 0.2) is 0 Å². The van der Waals surface area contributed by atoms with E-state index in [1.807, 2.05) is 20.8 Å². The molecule has 0 fully saturated rings. The highest BCUT2D eigenvalue weighted by Crippen LogP contribution is 2.08. The number of aryl methyl sites for hydroxylation is 2. The molecule has 0 amide bonds. The van der Waals surface area contributed by atoms with Gasteiger partial charge in [-0.15, -0.1) is 0 Å². The topological polar surface area (TPSA) is 75.4 Å². The Labute approximate surface area is 94.9 Å². The molecule has 1 unspecified atom stereocenters. The first-order chi connectivity index (χ1) is 7.49. The molecule has 0 aliphatic rings. The van der Waals surface area contributed by atoms with Gasteiger partial charge in [0, 0.05) is 12.5 Å². The van der Waals surface area contributed by atoms with Crippen LogP contribution in [0.2, 0.25) is 0 Å². The van der Waals surface area contributed by atoms with Crippen LogP contribution in [0, 0.1) is 13.8 Å². The second-order valence-corrected chi connectivity index (χ2v) is 3.96. The average Bonchev–Trinajstić information content (AvgIpc) is 2.52. The van der Waals surface area contributed by atoms with E-state index in [1.165, 1.54) is 0 Å². The highest BCUT2D eigenvalue weighted by atomic mass is 16.4. The van der Waals surface area contributed by atoms with Crippen molar-refractivity contribution in [1.82, 2.24) is 10.3 Å². The summed E-state index contributed by atoms with van der Waals surface area (Å²) < 4.78 is 5.40. The molecule has 0 saturated carbocycles. The molecule has 1 rings (SSSR count). The smallest absolute Gasteiger partial charge is 0.303 e. The number of carboxylic acid groups (broad SMARTS) is 1. The van der Waals surface area contributed by atoms with Crippen LogP contribution < -0.4 is 5.32 Å². The van der Waals surface area contributed by atoms with Gasteiger partial charge in [-0.3, -0.25) is 4.79 Å². The summed E-state index contributed by atoms with van der Waals surface area (Å²) >= 11 is 0. The fourth-order valence-electron chi connectivity index (χ4n) is 1.32. The van der Waals surface area contributed by atoms with Crippen molar-refractivity contribution in [1.29, 1.82) is 0 Å². The molecule has 0 saturated heterocycles. The third-order valence-corrected chi connectivity index (χ3v) is 2.47. The zero-order chi connectivity index (χ0) is 12.1. The third kappa shape index (κ3) is 4.02. The first-order valence-corrected chi connectivity index (χ1v) is 5.37. The Hall–Kier alpha value is -1.36. The number of aliphatic carboxylic acids is 1. The second-order valence-electron chi connectivity index (χ2n) is 3.96. The monoisotopic (exact) mass is 226 g/mol. The summed E-state index contributed by atoms with van der Waals surface area (Å²) in [5.74, 6) is 0.712. The SMILES string of the molecule is Cc1nc(CNC(C)CCC(=O)O)oc1C. The zero-order valence-corrected chi connectivity index (χ0v) is 9.91. The van der Waals surface area contributed by atoms with Gasteiger partial charge in [0.05, 0.1) is 12.2 Å². The van der Waals surface area contributed by atoms with Crippen molar-refractivity contribution >= 4 is 5.97 Å². The minimum absolute atomic E-state index is 0.142. The van der Waals surface area contributed by atoms with E-state index >= 15 is 0 Å². The number of carbonyl (C=O) groups is 1. The second kappa shape index (κ2) is 5.65. The van der Waals surface area contributed by atoms with E-state index in [0.29, 0.717) is 18.9 Å². The molecule has 90 valence electrons. The summed E-state index contributed by atoms with van der Waals surface area (Å²) in [6.07, 6.45) is 0.784. The summed E-state index contributed by atoms with van der Waals surface area (Å²) in [4.78, 5) is 14.6. The van der Waals surface area contributed by atoms with Gasteiger partial charge < -0.3 is 14.8 Å². The maximum Gasteiger partial charge on any atom is 0.303 e. The van der Waals surface area contributed by atoms with Crippen LogP contribution in [0.3, 0.4) is 0 Å². The predicted molar refractivity (Wildman–Crippen MR) is 59.1 cm³/mol. The van der Waals surface area contributed by atoms with Crippen molar-refractivity contribution in [3.8, 4) is 0 Å². The van der Waals surface area contributed by atoms with Crippen molar-refractivity contribution in [2.75, 3.05) is 0 Å². The number of aromatic nitrogens is 1. The van der Waals surface area contributed by atoms with Gasteiger partial charge >= 0.3 is 5.97 Å². The van der Waals surface area contributed by atoms with Crippen LogP contribution in [0.25, 0.3) is 0 Å². The van der Waals surface area contributed by atoms with Gasteiger partial charge in [-0.05, 0) is 27.2 Å². The van der Waals surface area contributed by atoms with Crippen LogP contribution in [-0.2, 0) is 11.3 Å². The molecule has 2 N–H and O–H groups in total. The van der Waals surface area contributed by atoms with Crippen molar-refractivity contribution < 1.29 is 14.3 Å². The largest absolute Gasteiger partial charge is 0.481 e. The van der Waals surface area contributed by atoms with E-state index < -0.39 is 5.97 Å². The normalized spacial score (nSPS) is 12.7. The number of rotatable bonds is 6. The van der Waals surface area contributed by atoms with Crippen LogP contribution in [-0.4, -0.2) is 22.1 Å². The number of oxazole rings is 1. The van der Waals surface area contributed by atoms with E-state index in [-0.39, 0.29) is 12.5 Å². The molecule has 5 nitrogen and oxygen atoms in total. The van der Waals surface area contributed by atoms with Crippen LogP contribution in [0.5, 0.6) is 0 Å². The number of nitrogens with one attached hydrogen (secondary N) is 1. The van der Waals surface area contributed by atoms with Gasteiger partial charge in [-0.25, -0.2) is 4.98 Å². The van der Waals surface area contributed by atoms with Gasteiger partial charge in [0.25, 0.3) is 0 Å². The molecule has 0 spiro atoms. The van der Waals surface area contributed by atoms with E-state index in [2.05, 4.69) is 10.3 Å². The molecule has 1 aromatic heterocycles. The number of hydrogen-bond donors (Lipinski definition) is 2. The lowest BCUT2D eigenvalue weighted by atomic mass is 10.2. The Balaban J connectivity index is 2.31. The Morgan fingerprint density at radius 3 is 2.75 bits per heavy atom. The van der Waals surface area contributed by atoms with E-state index in [9.17, 15) is 4.79 Å². The van der Waals surface area contributed by atoms with E-state index in [0.717, 1.165) is 11.5 Å². The van der Waals surface area contributed by atoms with Crippen LogP contribution in [0.1, 0.15) is 37.1 Å². The fraction of sp³-hybridized carbons (Fsp3) is 0.636. The number of hydrogen-bond acceptors (Lipinski definition) is 4. The van der Waals surface area contributed by atoms with Gasteiger partial charge in [0.2, 0.25) is 5.89 Å². The van der Waals surface area contributed by atoms with E-state index in [4.69, 9.17) is 9.52 Å². The van der Waals surface area contributed by atoms with Gasteiger partial charge in [-0.2, -0.15) is 0 Å². The number of carboxylic acids is 1. The number of nitrogens with zero attached hydrogens (tertiary/aromatic N) is 1. The molecular formula is C11H18N2O3. The van der Waals surface area contributed by atoms with Crippen molar-refractivity contribution in [3.63, 3.8) is 0 Å². The highest BCUT2D eigenvalue weighted by molar-refractivity contribution is 5.66. The van der Waals surface area contributed by atoms with Crippen LogP contribution in [0.15, 0.2) is 4.42 Å². The molecular weight excluding hydrogens is 208 g/mol. The molecule has 0 radical (unpaired) electrons. The summed E-state index contributed by atoms with van der Waals surface area (Å²) in [5, 5.41) is 11.7. The lowest BCUT2D eigenvalue weighted by molar-refractivity contribution is -0.137. The summed E-state index contributed by atoms with van der Waals surface area (Å²) in [6.45, 7) is 6.26. The molecule has 0 aromatic carbocycles. The molecule has 16 heavy (non-hydrogen) atoms. The van der Waals surface area contributed by atoms with Gasteiger partial charge in [0.1, 0.15) is 5.76 Å². The van der Waals surface area contributed by atoms with Crippen LogP contribution in [0.4, 0.5) is 0 Å². The maximum absolute atomic E-state index is 10.4. The highest BCUT2D eigenvalue weighted by Gasteiger charge is 2.08. The molecule has 1 heterocycles. The molecule has 0 bridgehead atoms. The summed E-state index contributed by atoms with van der Waals surface area (Å²) in [7, 11) is 0. The third-order valence-electron chi connectivity index (χ3n) is 2.47. The summed E-state index contributed by atoms with van der Waals surface area (Å²) in [5.41, 5.74) is 0.898. The molecule has 1 aromatic rings. The molecule has 1 atom stereocenters. The zero-order valence-electron chi connectivity index (χ0n) is 9.91. The standard InChI is InChI=1S/C11H18N2O3/c1-7(4-5-11(14)15)12-6-10-13-8(2)9(3)16-10/h7,12H,4-6H2,1-3H3,(H,14,15). The molecule has 0 aliphatic heterocycles. The minimum atomic E-state index is -0.767. The predicted octanol–water partition coefficient (Wildman–Crippen LogP) is 1.63. The fourth-order valence-corrected chi connectivity index (χ4v) is 1.32. The summed E-state index contributed by atoms with van der Waals surface area (Å²) in [6, 6.07) is 0.142.